The molecule has 2 aliphatic carbocycles. The largest absolute Gasteiger partial charge is 0.344 e. The lowest BCUT2D eigenvalue weighted by Gasteiger charge is -2.37. The molecule has 2 saturated heterocycles. The van der Waals surface area contributed by atoms with Crippen LogP contribution in [0.3, 0.4) is 0 Å². The summed E-state index contributed by atoms with van der Waals surface area (Å²) in [7, 11) is 0. The Kier molecular flexibility index (Phi) is 23.8. The van der Waals surface area contributed by atoms with E-state index in [1.54, 1.807) is 0 Å². The van der Waals surface area contributed by atoms with E-state index in [1.807, 2.05) is 118 Å². The summed E-state index contributed by atoms with van der Waals surface area (Å²) in [6, 6.07) is 34.7. The Morgan fingerprint density at radius 1 is 0.549 bits per heavy atom. The van der Waals surface area contributed by atoms with Crippen LogP contribution in [0.25, 0.3) is 11.1 Å². The zero-order valence-corrected chi connectivity index (χ0v) is 50.0. The summed E-state index contributed by atoms with van der Waals surface area (Å²) in [6.07, 6.45) is 19.1. The predicted molar refractivity (Wildman–Crippen MR) is 328 cm³/mol. The van der Waals surface area contributed by atoms with Gasteiger partial charge in [0, 0.05) is 80.7 Å². The summed E-state index contributed by atoms with van der Waals surface area (Å²) in [5.41, 5.74) is 5.25. The number of carbonyl (C=O) groups excluding carboxylic acids is 6. The van der Waals surface area contributed by atoms with Gasteiger partial charge in [0.25, 0.3) is 11.8 Å². The number of hydrogen-bond acceptors (Lipinski definition) is 7. The fourth-order valence-electron chi connectivity index (χ4n) is 13.5. The first kappa shape index (κ1) is 61.9. The number of carbonyl (C=O) groups is 6. The lowest BCUT2D eigenvalue weighted by molar-refractivity contribution is -0.142. The highest BCUT2D eigenvalue weighted by Gasteiger charge is 2.42. The maximum atomic E-state index is 14.8. The molecule has 4 aromatic carbocycles. The van der Waals surface area contributed by atoms with Gasteiger partial charge in [0.15, 0.2) is 0 Å². The SMILES string of the molecule is CCCC[C@@H](C)C(=O)N[C@H](C(=O)N1CCC[C@H]1CN(CCc1ccccc1)C(=O)c1ccc(-c2ccc(C(=O)N(CCc3ccccc3)C[C@@H]3CCCN3C(=O)[C@@H](CC(=O)[C@H](C)NCCC)C3CCCCC3)cc2)cc1)C1CCCCC1. The van der Waals surface area contributed by atoms with E-state index in [-0.39, 0.29) is 83.5 Å². The zero-order chi connectivity index (χ0) is 57.8. The maximum absolute atomic E-state index is 14.8. The van der Waals surface area contributed by atoms with E-state index < -0.39 is 6.04 Å². The second-order valence-corrected chi connectivity index (χ2v) is 24.6. The molecule has 2 N–H and O–H groups in total. The highest BCUT2D eigenvalue weighted by atomic mass is 16.2. The van der Waals surface area contributed by atoms with E-state index >= 15 is 0 Å². The number of ketones is 1. The molecular formula is C70H96N6O6. The Balaban J connectivity index is 0.965. The Hall–Kier alpha value is -6.14. The number of hydrogen-bond donors (Lipinski definition) is 2. The first-order valence-electron chi connectivity index (χ1n) is 32.0. The van der Waals surface area contributed by atoms with Gasteiger partial charge >= 0.3 is 0 Å². The molecule has 0 unspecified atom stereocenters. The van der Waals surface area contributed by atoms with E-state index in [9.17, 15) is 28.8 Å². The summed E-state index contributed by atoms with van der Waals surface area (Å²) in [4.78, 5) is 94.2. The average molecular weight is 1120 g/mol. The van der Waals surface area contributed by atoms with Gasteiger partial charge in [0.1, 0.15) is 11.8 Å². The summed E-state index contributed by atoms with van der Waals surface area (Å²) in [6.45, 7) is 12.0. The summed E-state index contributed by atoms with van der Waals surface area (Å²) >= 11 is 0. The molecule has 6 atom stereocenters. The van der Waals surface area contributed by atoms with Crippen molar-refractivity contribution in [3.63, 3.8) is 0 Å². The third-order valence-electron chi connectivity index (χ3n) is 18.6. The molecule has 2 saturated carbocycles. The van der Waals surface area contributed by atoms with Crippen molar-refractivity contribution in [2.24, 2.45) is 23.7 Å². The lowest BCUT2D eigenvalue weighted by atomic mass is 9.76. The Morgan fingerprint density at radius 2 is 1.02 bits per heavy atom. The minimum Gasteiger partial charge on any atom is -0.344 e. The molecule has 8 rings (SSSR count). The Bertz CT molecular complexity index is 2470. The molecule has 2 heterocycles. The molecular weight excluding hydrogens is 1020 g/mol. The lowest BCUT2D eigenvalue weighted by Crippen LogP contribution is -2.56. The van der Waals surface area contributed by atoms with Crippen molar-refractivity contribution in [2.75, 3.05) is 45.8 Å². The van der Waals surface area contributed by atoms with Gasteiger partial charge in [0.05, 0.1) is 6.04 Å². The van der Waals surface area contributed by atoms with Gasteiger partial charge in [-0.3, -0.25) is 28.8 Å². The molecule has 12 heteroatoms. The summed E-state index contributed by atoms with van der Waals surface area (Å²) in [5, 5.41) is 6.62. The van der Waals surface area contributed by atoms with E-state index in [0.717, 1.165) is 138 Å². The van der Waals surface area contributed by atoms with Crippen LogP contribution in [0.15, 0.2) is 109 Å². The van der Waals surface area contributed by atoms with Crippen molar-refractivity contribution in [2.45, 2.75) is 187 Å². The minimum absolute atomic E-state index is 0.000640. The van der Waals surface area contributed by atoms with Crippen LogP contribution in [-0.2, 0) is 32.0 Å². The first-order chi connectivity index (χ1) is 39.9. The molecule has 5 amide bonds. The van der Waals surface area contributed by atoms with Crippen LogP contribution in [-0.4, -0.2) is 125 Å². The van der Waals surface area contributed by atoms with Gasteiger partial charge in [-0.2, -0.15) is 0 Å². The van der Waals surface area contributed by atoms with Gasteiger partial charge in [-0.15, -0.1) is 0 Å². The molecule has 4 aliphatic rings. The molecule has 0 aromatic heterocycles. The van der Waals surface area contributed by atoms with Crippen molar-refractivity contribution in [3.05, 3.63) is 131 Å². The van der Waals surface area contributed by atoms with Crippen LogP contribution in [0.5, 0.6) is 0 Å². The molecule has 2 aliphatic heterocycles. The molecule has 12 nitrogen and oxygen atoms in total. The number of unbranched alkanes of at least 4 members (excludes halogenated alkanes) is 1. The third kappa shape index (κ3) is 17.0. The predicted octanol–water partition coefficient (Wildman–Crippen LogP) is 12.1. The molecule has 0 spiro atoms. The third-order valence-corrected chi connectivity index (χ3v) is 18.6. The molecule has 4 aromatic rings. The smallest absolute Gasteiger partial charge is 0.253 e. The van der Waals surface area contributed by atoms with Gasteiger partial charge in [0.2, 0.25) is 17.7 Å². The summed E-state index contributed by atoms with van der Waals surface area (Å²) < 4.78 is 0. The van der Waals surface area contributed by atoms with Crippen molar-refractivity contribution < 1.29 is 28.8 Å². The zero-order valence-electron chi connectivity index (χ0n) is 50.0. The number of nitrogens with zero attached hydrogens (tertiary/aromatic N) is 4. The number of rotatable bonds is 28. The number of likely N-dealkylation sites (tertiary alicyclic amines) is 2. The summed E-state index contributed by atoms with van der Waals surface area (Å²) in [5.74, 6) is -0.216. The Morgan fingerprint density at radius 3 is 1.50 bits per heavy atom. The fourth-order valence-corrected chi connectivity index (χ4v) is 13.5. The minimum atomic E-state index is -0.556. The number of benzene rings is 4. The monoisotopic (exact) mass is 1120 g/mol. The fraction of sp³-hybridized carbons (Fsp3) is 0.571. The van der Waals surface area contributed by atoms with Gasteiger partial charge in [-0.1, -0.05) is 157 Å². The average Bonchev–Trinajstić information content (AvgIpc) is 4.40. The molecule has 82 heavy (non-hydrogen) atoms. The highest BCUT2D eigenvalue weighted by Crippen LogP contribution is 2.36. The van der Waals surface area contributed by atoms with Gasteiger partial charge < -0.3 is 30.2 Å². The van der Waals surface area contributed by atoms with Crippen LogP contribution < -0.4 is 10.6 Å². The maximum Gasteiger partial charge on any atom is 0.253 e. The second kappa shape index (κ2) is 31.5. The quantitative estimate of drug-likeness (QED) is 0.0577. The van der Waals surface area contributed by atoms with Crippen molar-refractivity contribution >= 4 is 35.3 Å². The second-order valence-electron chi connectivity index (χ2n) is 24.6. The number of amides is 5. The van der Waals surface area contributed by atoms with E-state index in [0.29, 0.717) is 63.2 Å². The van der Waals surface area contributed by atoms with Gasteiger partial charge in [-0.05, 0) is 149 Å². The van der Waals surface area contributed by atoms with Crippen LogP contribution in [0.2, 0.25) is 0 Å². The molecule has 4 fully saturated rings. The number of Topliss-reactive ketones (excluding diaryl/α,β-unsaturated/α-hetero) is 1. The van der Waals surface area contributed by atoms with E-state index in [2.05, 4.69) is 48.7 Å². The van der Waals surface area contributed by atoms with Crippen molar-refractivity contribution in [3.8, 4) is 11.1 Å². The normalized spacial score (nSPS) is 19.3. The molecule has 442 valence electrons. The van der Waals surface area contributed by atoms with Crippen LogP contribution in [0.4, 0.5) is 0 Å². The van der Waals surface area contributed by atoms with Crippen LogP contribution in [0, 0.1) is 23.7 Å². The topological polar surface area (TPSA) is 139 Å². The van der Waals surface area contributed by atoms with Crippen molar-refractivity contribution in [1.29, 1.82) is 0 Å². The highest BCUT2D eigenvalue weighted by molar-refractivity contribution is 5.96. The Labute approximate surface area is 490 Å². The van der Waals surface area contributed by atoms with Crippen molar-refractivity contribution in [1.82, 2.24) is 30.2 Å². The van der Waals surface area contributed by atoms with E-state index in [1.165, 1.54) is 6.42 Å². The first-order valence-corrected chi connectivity index (χ1v) is 32.0. The van der Waals surface area contributed by atoms with Crippen LogP contribution >= 0.6 is 0 Å². The van der Waals surface area contributed by atoms with E-state index in [4.69, 9.17) is 0 Å². The molecule has 0 bridgehead atoms. The van der Waals surface area contributed by atoms with Crippen LogP contribution in [0.1, 0.15) is 182 Å². The molecule has 0 radical (unpaired) electrons. The number of nitrogens with one attached hydrogen (secondary N) is 2. The van der Waals surface area contributed by atoms with Gasteiger partial charge in [-0.25, -0.2) is 0 Å². The standard InChI is InChI=1S/C70H96N6O6/c1-5-7-22-51(3)66(78)72-65(58-29-18-11-19-30-58)70(82)76-45-21-32-62(76)50-74(47-42-54-25-14-9-15-26-54)68(80)60-39-35-56(36-40-60)55-33-37-59(38-34-55)67(79)73(46-41-53-23-12-8-13-24-53)49-61-31-20-44-75(61)69(81)63(57-27-16-10-17-28-57)48-64(77)52(4)71-43-6-2/h8-9,12-15,23-26,33-40,51-52,57-58,61-63,65,71H,5-7,10-11,16-22,27-32,41-50H2,1-4H3,(H,72,78)/t51-,52+,61+,62+,63+,65+/m1/s1.